The van der Waals surface area contributed by atoms with Crippen LogP contribution in [0.3, 0.4) is 0 Å². The van der Waals surface area contributed by atoms with Gasteiger partial charge in [0.2, 0.25) is 0 Å². The maximum Gasteiger partial charge on any atom is 0.409 e. The van der Waals surface area contributed by atoms with Gasteiger partial charge < -0.3 is 19.5 Å². The molecule has 0 radical (unpaired) electrons. The lowest BCUT2D eigenvalue weighted by Gasteiger charge is -2.17. The highest BCUT2D eigenvalue weighted by Gasteiger charge is 2.09. The third-order valence-electron chi connectivity index (χ3n) is 2.15. The van der Waals surface area contributed by atoms with Gasteiger partial charge in [0.05, 0.1) is 18.2 Å². The van der Waals surface area contributed by atoms with Crippen molar-refractivity contribution in [2.45, 2.75) is 0 Å². The quantitative estimate of drug-likeness (QED) is 0.858. The molecule has 0 aromatic heterocycles. The van der Waals surface area contributed by atoms with Gasteiger partial charge in [0, 0.05) is 7.05 Å². The minimum atomic E-state index is -0.494. The predicted molar refractivity (Wildman–Crippen MR) is 68.0 cm³/mol. The lowest BCUT2D eigenvalue weighted by atomic mass is 10.3. The Morgan fingerprint density at radius 2 is 2.11 bits per heavy atom. The van der Waals surface area contributed by atoms with Crippen molar-refractivity contribution < 1.29 is 19.4 Å². The summed E-state index contributed by atoms with van der Waals surface area (Å²) in [6, 6.07) is 7.12. The molecule has 1 aromatic rings. The first kappa shape index (κ1) is 14.6. The fourth-order valence-corrected chi connectivity index (χ4v) is 1.38. The highest BCUT2D eigenvalue weighted by atomic mass is 35.5. The molecule has 1 amide bonds. The van der Waals surface area contributed by atoms with Crippen molar-refractivity contribution in [3.63, 3.8) is 0 Å². The number of halogens is 1. The number of hydrogen-bond donors (Lipinski definition) is 1. The summed E-state index contributed by atoms with van der Waals surface area (Å²) in [7, 11) is 1.59. The molecule has 0 aliphatic heterocycles. The van der Waals surface area contributed by atoms with Crippen LogP contribution in [0.5, 0.6) is 5.75 Å². The molecule has 0 spiro atoms. The Morgan fingerprint density at radius 1 is 1.39 bits per heavy atom. The van der Waals surface area contributed by atoms with E-state index >= 15 is 0 Å². The van der Waals surface area contributed by atoms with Crippen LogP contribution in [0.25, 0.3) is 0 Å². The van der Waals surface area contributed by atoms with Crippen LogP contribution in [-0.4, -0.2) is 49.5 Å². The number of para-hydroxylation sites is 1. The zero-order chi connectivity index (χ0) is 13.4. The molecule has 0 aliphatic rings. The second kappa shape index (κ2) is 7.79. The molecule has 0 heterocycles. The zero-order valence-electron chi connectivity index (χ0n) is 10.1. The van der Waals surface area contributed by atoms with Gasteiger partial charge in [-0.1, -0.05) is 23.7 Å². The van der Waals surface area contributed by atoms with E-state index in [1.54, 1.807) is 19.2 Å². The normalized spacial score (nSPS) is 9.94. The topological polar surface area (TPSA) is 59.0 Å². The van der Waals surface area contributed by atoms with Gasteiger partial charge in [-0.25, -0.2) is 4.79 Å². The van der Waals surface area contributed by atoms with Crippen molar-refractivity contribution in [2.24, 2.45) is 0 Å². The van der Waals surface area contributed by atoms with Crippen molar-refractivity contribution in [2.75, 3.05) is 33.4 Å². The van der Waals surface area contributed by atoms with Crippen molar-refractivity contribution in [3.8, 4) is 5.75 Å². The highest BCUT2D eigenvalue weighted by Crippen LogP contribution is 2.22. The number of carbonyl (C=O) groups excluding carboxylic acids is 1. The average Bonchev–Trinajstić information content (AvgIpc) is 2.38. The second-order valence-corrected chi connectivity index (χ2v) is 3.95. The number of amides is 1. The molecule has 5 nitrogen and oxygen atoms in total. The summed E-state index contributed by atoms with van der Waals surface area (Å²) < 4.78 is 10.2. The first-order valence-corrected chi connectivity index (χ1v) is 5.89. The Morgan fingerprint density at radius 3 is 2.78 bits per heavy atom. The smallest absolute Gasteiger partial charge is 0.409 e. The molecule has 0 unspecified atom stereocenters. The number of nitrogens with zero attached hydrogens (tertiary/aromatic N) is 1. The second-order valence-electron chi connectivity index (χ2n) is 3.54. The van der Waals surface area contributed by atoms with Gasteiger partial charge in [-0.15, -0.1) is 0 Å². The molecular weight excluding hydrogens is 258 g/mol. The molecule has 0 bridgehead atoms. The largest absolute Gasteiger partial charge is 0.490 e. The van der Waals surface area contributed by atoms with Gasteiger partial charge in [0.25, 0.3) is 0 Å². The van der Waals surface area contributed by atoms with Crippen LogP contribution in [0.15, 0.2) is 24.3 Å². The van der Waals surface area contributed by atoms with Gasteiger partial charge in [-0.2, -0.15) is 0 Å². The van der Waals surface area contributed by atoms with Crippen molar-refractivity contribution in [1.82, 2.24) is 4.90 Å². The molecule has 1 N–H and O–H groups in total. The lowest BCUT2D eigenvalue weighted by molar-refractivity contribution is 0.0872. The van der Waals surface area contributed by atoms with Crippen molar-refractivity contribution in [3.05, 3.63) is 29.3 Å². The van der Waals surface area contributed by atoms with Gasteiger partial charge in [0.1, 0.15) is 19.0 Å². The van der Waals surface area contributed by atoms with Crippen LogP contribution in [0.4, 0.5) is 4.79 Å². The number of ether oxygens (including phenoxy) is 2. The summed E-state index contributed by atoms with van der Waals surface area (Å²) in [5.74, 6) is 0.580. The number of rotatable bonds is 6. The number of aliphatic hydroxyl groups is 1. The molecule has 100 valence electrons. The molecule has 0 saturated carbocycles. The molecule has 0 aliphatic carbocycles. The fraction of sp³-hybridized carbons (Fsp3) is 0.417. The summed E-state index contributed by atoms with van der Waals surface area (Å²) in [5.41, 5.74) is 0. The van der Waals surface area contributed by atoms with E-state index < -0.39 is 6.09 Å². The van der Waals surface area contributed by atoms with Gasteiger partial charge >= 0.3 is 6.09 Å². The van der Waals surface area contributed by atoms with E-state index in [9.17, 15) is 4.79 Å². The molecular formula is C12H16ClNO4. The van der Waals surface area contributed by atoms with Crippen molar-refractivity contribution in [1.29, 1.82) is 0 Å². The van der Waals surface area contributed by atoms with E-state index in [2.05, 4.69) is 0 Å². The van der Waals surface area contributed by atoms with Crippen LogP contribution in [0.2, 0.25) is 5.02 Å². The predicted octanol–water partition coefficient (Wildman–Crippen LogP) is 1.78. The molecule has 1 rings (SSSR count). The summed E-state index contributed by atoms with van der Waals surface area (Å²) in [6.45, 7) is 0.494. The Balaban J connectivity index is 2.29. The summed E-state index contributed by atoms with van der Waals surface area (Å²) in [6.07, 6.45) is -0.494. The Bertz CT molecular complexity index is 386. The SMILES string of the molecule is CN(CCOc1ccccc1Cl)C(=O)OCCO. The molecule has 0 atom stereocenters. The van der Waals surface area contributed by atoms with E-state index in [0.717, 1.165) is 0 Å². The third kappa shape index (κ3) is 4.81. The molecule has 18 heavy (non-hydrogen) atoms. The summed E-state index contributed by atoms with van der Waals surface area (Å²) in [4.78, 5) is 12.7. The van der Waals surface area contributed by atoms with Crippen LogP contribution < -0.4 is 4.74 Å². The van der Waals surface area contributed by atoms with Gasteiger partial charge in [-0.3, -0.25) is 0 Å². The highest BCUT2D eigenvalue weighted by molar-refractivity contribution is 6.32. The average molecular weight is 274 g/mol. The fourth-order valence-electron chi connectivity index (χ4n) is 1.19. The summed E-state index contributed by atoms with van der Waals surface area (Å²) >= 11 is 5.91. The Kier molecular flexibility index (Phi) is 6.32. The number of aliphatic hydroxyl groups excluding tert-OH is 1. The van der Waals surface area contributed by atoms with Gasteiger partial charge in [-0.05, 0) is 12.1 Å². The van der Waals surface area contributed by atoms with Gasteiger partial charge in [0.15, 0.2) is 0 Å². The minimum absolute atomic E-state index is 0.00541. The first-order valence-electron chi connectivity index (χ1n) is 5.51. The maximum atomic E-state index is 11.3. The number of hydrogen-bond acceptors (Lipinski definition) is 4. The zero-order valence-corrected chi connectivity index (χ0v) is 10.9. The van der Waals surface area contributed by atoms with E-state index in [4.69, 9.17) is 26.2 Å². The minimum Gasteiger partial charge on any atom is -0.490 e. The standard InChI is InChI=1S/C12H16ClNO4/c1-14(12(16)18-9-7-15)6-8-17-11-5-3-2-4-10(11)13/h2-5,15H,6-9H2,1H3. The number of benzene rings is 1. The Labute approximate surface area is 111 Å². The molecule has 0 fully saturated rings. The van der Waals surface area contributed by atoms with E-state index in [1.165, 1.54) is 4.90 Å². The Hall–Kier alpha value is -1.46. The monoisotopic (exact) mass is 273 g/mol. The number of carbonyl (C=O) groups is 1. The summed E-state index contributed by atoms with van der Waals surface area (Å²) in [5, 5.41) is 9.05. The third-order valence-corrected chi connectivity index (χ3v) is 2.46. The maximum absolute atomic E-state index is 11.3. The van der Waals surface area contributed by atoms with E-state index in [1.807, 2.05) is 12.1 Å². The molecule has 0 saturated heterocycles. The van der Waals surface area contributed by atoms with Crippen LogP contribution >= 0.6 is 11.6 Å². The van der Waals surface area contributed by atoms with E-state index in [0.29, 0.717) is 23.9 Å². The number of likely N-dealkylation sites (N-methyl/N-ethyl adjacent to an activating group) is 1. The lowest BCUT2D eigenvalue weighted by Crippen LogP contribution is -2.32. The van der Waals surface area contributed by atoms with Crippen molar-refractivity contribution >= 4 is 17.7 Å². The van der Waals surface area contributed by atoms with E-state index in [-0.39, 0.29) is 13.2 Å². The van der Waals surface area contributed by atoms with Crippen LogP contribution in [-0.2, 0) is 4.74 Å². The first-order chi connectivity index (χ1) is 8.65. The van der Waals surface area contributed by atoms with Crippen LogP contribution in [0.1, 0.15) is 0 Å². The van der Waals surface area contributed by atoms with Crippen LogP contribution in [0, 0.1) is 0 Å². The molecule has 6 heteroatoms. The molecule has 1 aromatic carbocycles.